The average Bonchev–Trinajstić information content (AvgIpc) is 1.59. The molecule has 0 spiro atoms. The summed E-state index contributed by atoms with van der Waals surface area (Å²) in [4.78, 5) is 0. The Labute approximate surface area is 68.3 Å². The van der Waals surface area contributed by atoms with Gasteiger partial charge in [0, 0.05) is 6.42 Å². The van der Waals surface area contributed by atoms with Crippen molar-refractivity contribution in [2.24, 2.45) is 0 Å². The third-order valence-corrected chi connectivity index (χ3v) is 1.06. The third kappa shape index (κ3) is 11.0. The fraction of sp³-hybridized carbons (Fsp3) is 1.00. The summed E-state index contributed by atoms with van der Waals surface area (Å²) in [6.45, 7) is 0.789. The smallest absolute Gasteiger partial charge is 0.156 e. The molecule has 0 aromatic heterocycles. The Bertz CT molecular complexity index is 80.3. The lowest BCUT2D eigenvalue weighted by Crippen LogP contribution is -3.00. The van der Waals surface area contributed by atoms with E-state index < -0.39 is 6.29 Å². The van der Waals surface area contributed by atoms with Gasteiger partial charge in [-0.1, -0.05) is 0 Å². The van der Waals surface area contributed by atoms with Crippen LogP contribution < -0.4 is 12.4 Å². The van der Waals surface area contributed by atoms with Crippen molar-refractivity contribution in [1.29, 1.82) is 0 Å². The van der Waals surface area contributed by atoms with Gasteiger partial charge >= 0.3 is 0 Å². The van der Waals surface area contributed by atoms with Crippen molar-refractivity contribution in [3.05, 3.63) is 0 Å². The molecule has 0 aliphatic rings. The molecule has 2 N–H and O–H groups in total. The van der Waals surface area contributed by atoms with Gasteiger partial charge in [-0.25, -0.2) is 0 Å². The maximum atomic E-state index is 8.46. The molecule has 0 heterocycles. The number of quaternary nitrogens is 1. The SMILES string of the molecule is C[N+](C)(C)CCC(O)O.[Cl-]. The number of halogens is 1. The summed E-state index contributed by atoms with van der Waals surface area (Å²) in [5, 5.41) is 16.9. The molecule has 0 saturated heterocycles. The van der Waals surface area contributed by atoms with Gasteiger partial charge < -0.3 is 27.1 Å². The number of hydrogen-bond acceptors (Lipinski definition) is 2. The molecule has 0 rings (SSSR count). The van der Waals surface area contributed by atoms with E-state index in [9.17, 15) is 0 Å². The predicted molar refractivity (Wildman–Crippen MR) is 35.7 cm³/mol. The van der Waals surface area contributed by atoms with Crippen molar-refractivity contribution in [2.75, 3.05) is 27.7 Å². The van der Waals surface area contributed by atoms with Gasteiger partial charge in [0.2, 0.25) is 0 Å². The highest BCUT2D eigenvalue weighted by Crippen LogP contribution is 1.94. The van der Waals surface area contributed by atoms with E-state index in [1.807, 2.05) is 21.1 Å². The highest BCUT2D eigenvalue weighted by molar-refractivity contribution is 4.35. The van der Waals surface area contributed by atoms with Gasteiger partial charge in [0.15, 0.2) is 6.29 Å². The second-order valence-electron chi connectivity index (χ2n) is 3.28. The molecule has 0 aliphatic carbocycles. The van der Waals surface area contributed by atoms with Gasteiger partial charge in [-0.2, -0.15) is 0 Å². The van der Waals surface area contributed by atoms with Gasteiger partial charge in [-0.3, -0.25) is 0 Å². The topological polar surface area (TPSA) is 40.5 Å². The van der Waals surface area contributed by atoms with Crippen LogP contribution in [0.5, 0.6) is 0 Å². The molecule has 0 aromatic carbocycles. The first-order valence-corrected chi connectivity index (χ1v) is 3.08. The normalized spacial score (nSPS) is 11.4. The van der Waals surface area contributed by atoms with E-state index in [2.05, 4.69) is 0 Å². The Morgan fingerprint density at radius 2 is 1.60 bits per heavy atom. The van der Waals surface area contributed by atoms with Crippen molar-refractivity contribution in [3.63, 3.8) is 0 Å². The summed E-state index contributed by atoms with van der Waals surface area (Å²) in [5.41, 5.74) is 0. The minimum Gasteiger partial charge on any atom is -1.00 e. The van der Waals surface area contributed by atoms with Crippen LogP contribution in [-0.2, 0) is 0 Å². The fourth-order valence-corrected chi connectivity index (χ4v) is 0.503. The van der Waals surface area contributed by atoms with E-state index in [0.717, 1.165) is 11.0 Å². The number of rotatable bonds is 3. The fourth-order valence-electron chi connectivity index (χ4n) is 0.503. The lowest BCUT2D eigenvalue weighted by Gasteiger charge is -2.23. The predicted octanol–water partition coefficient (Wildman–Crippen LogP) is -3.60. The number of hydrogen-bond donors (Lipinski definition) is 2. The largest absolute Gasteiger partial charge is 1.00 e. The van der Waals surface area contributed by atoms with Gasteiger partial charge in [0.05, 0.1) is 27.7 Å². The molecule has 0 atom stereocenters. The standard InChI is InChI=1S/C6H16NO2.ClH/c1-7(2,3)5-4-6(8)9;/h6,8-9H,4-5H2,1-3H3;1H/q+1;/p-1. The molecule has 0 unspecified atom stereocenters. The van der Waals surface area contributed by atoms with E-state index in [0.29, 0.717) is 6.42 Å². The van der Waals surface area contributed by atoms with Gasteiger partial charge in [-0.15, -0.1) is 0 Å². The second kappa shape index (κ2) is 4.91. The molecule has 0 saturated carbocycles. The van der Waals surface area contributed by atoms with Crippen LogP contribution in [0.4, 0.5) is 0 Å². The van der Waals surface area contributed by atoms with E-state index in [-0.39, 0.29) is 12.4 Å². The van der Waals surface area contributed by atoms with Crippen LogP contribution in [0, 0.1) is 0 Å². The minimum atomic E-state index is -1.15. The van der Waals surface area contributed by atoms with Gasteiger partial charge in [0.1, 0.15) is 0 Å². The Kier molecular flexibility index (Phi) is 6.29. The maximum Gasteiger partial charge on any atom is 0.156 e. The highest BCUT2D eigenvalue weighted by Gasteiger charge is 2.08. The molecule has 0 radical (unpaired) electrons. The average molecular weight is 170 g/mol. The molecule has 4 heteroatoms. The monoisotopic (exact) mass is 169 g/mol. The van der Waals surface area contributed by atoms with E-state index in [1.165, 1.54) is 0 Å². The Balaban J connectivity index is 0. The zero-order valence-corrected chi connectivity index (χ0v) is 7.47. The molecule has 10 heavy (non-hydrogen) atoms. The van der Waals surface area contributed by atoms with E-state index >= 15 is 0 Å². The van der Waals surface area contributed by atoms with Crippen LogP contribution in [0.25, 0.3) is 0 Å². The van der Waals surface area contributed by atoms with Crippen molar-refractivity contribution < 1.29 is 27.1 Å². The van der Waals surface area contributed by atoms with Crippen LogP contribution in [0.2, 0.25) is 0 Å². The summed E-state index contributed by atoms with van der Waals surface area (Å²) in [5.74, 6) is 0. The van der Waals surface area contributed by atoms with Gasteiger partial charge in [-0.05, 0) is 0 Å². The molecule has 64 valence electrons. The first-order valence-electron chi connectivity index (χ1n) is 3.08. The summed E-state index contributed by atoms with van der Waals surface area (Å²) >= 11 is 0. The minimum absolute atomic E-state index is 0. The van der Waals surface area contributed by atoms with Crippen LogP contribution in [0.15, 0.2) is 0 Å². The van der Waals surface area contributed by atoms with Crippen molar-refractivity contribution in [3.8, 4) is 0 Å². The van der Waals surface area contributed by atoms with E-state index in [4.69, 9.17) is 10.2 Å². The molecule has 3 nitrogen and oxygen atoms in total. The van der Waals surface area contributed by atoms with Crippen molar-refractivity contribution >= 4 is 0 Å². The zero-order chi connectivity index (χ0) is 7.49. The number of nitrogens with zero attached hydrogens (tertiary/aromatic N) is 1. The number of aliphatic hydroxyl groups excluding tert-OH is 1. The molecule has 0 fully saturated rings. The van der Waals surface area contributed by atoms with Crippen LogP contribution in [0.1, 0.15) is 6.42 Å². The maximum absolute atomic E-state index is 8.46. The quantitative estimate of drug-likeness (QED) is 0.339. The third-order valence-electron chi connectivity index (χ3n) is 1.06. The Morgan fingerprint density at radius 3 is 1.70 bits per heavy atom. The molecular formula is C6H16ClNO2. The number of aliphatic hydroxyl groups is 2. The van der Waals surface area contributed by atoms with Gasteiger partial charge in [0.25, 0.3) is 0 Å². The highest BCUT2D eigenvalue weighted by atomic mass is 35.5. The Morgan fingerprint density at radius 1 is 1.20 bits per heavy atom. The first-order chi connectivity index (χ1) is 3.92. The molecule has 0 aliphatic heterocycles. The van der Waals surface area contributed by atoms with Crippen LogP contribution in [0.3, 0.4) is 0 Å². The summed E-state index contributed by atoms with van der Waals surface area (Å²) < 4.78 is 0.775. The van der Waals surface area contributed by atoms with E-state index in [1.54, 1.807) is 0 Å². The molecule has 0 aromatic rings. The summed E-state index contributed by atoms with van der Waals surface area (Å²) in [6.07, 6.45) is -0.703. The molecule has 0 bridgehead atoms. The van der Waals surface area contributed by atoms with Crippen molar-refractivity contribution in [2.45, 2.75) is 12.7 Å². The lowest BCUT2D eigenvalue weighted by molar-refractivity contribution is -0.871. The second-order valence-corrected chi connectivity index (χ2v) is 3.28. The summed E-state index contributed by atoms with van der Waals surface area (Å²) in [6, 6.07) is 0. The first kappa shape index (κ1) is 12.8. The summed E-state index contributed by atoms with van der Waals surface area (Å²) in [7, 11) is 6.05. The Hall–Kier alpha value is 0.170. The van der Waals surface area contributed by atoms with Crippen LogP contribution >= 0.6 is 0 Å². The lowest BCUT2D eigenvalue weighted by atomic mass is 10.4. The molecule has 0 amide bonds. The van der Waals surface area contributed by atoms with Crippen molar-refractivity contribution in [1.82, 2.24) is 0 Å². The molecular weight excluding hydrogens is 154 g/mol. The zero-order valence-electron chi connectivity index (χ0n) is 6.71. The van der Waals surface area contributed by atoms with Crippen LogP contribution in [-0.4, -0.2) is 48.7 Å².